The molecule has 0 radical (unpaired) electrons. The highest BCUT2D eigenvalue weighted by Crippen LogP contribution is 2.23. The molecule has 5 nitrogen and oxygen atoms in total. The first-order chi connectivity index (χ1) is 17.2. The lowest BCUT2D eigenvalue weighted by atomic mass is 9.97. The van der Waals surface area contributed by atoms with Crippen LogP contribution >= 0.6 is 0 Å². The summed E-state index contributed by atoms with van der Waals surface area (Å²) in [5.74, 6) is -0.147. The lowest BCUT2D eigenvalue weighted by Gasteiger charge is -2.13. The number of nitrogens with one attached hydrogen (secondary N) is 2. The van der Waals surface area contributed by atoms with Gasteiger partial charge in [-0.25, -0.2) is 0 Å². The molecule has 0 saturated heterocycles. The van der Waals surface area contributed by atoms with Gasteiger partial charge in [0.25, 0.3) is 0 Å². The van der Waals surface area contributed by atoms with Crippen LogP contribution in [0.5, 0.6) is 0 Å². The van der Waals surface area contributed by atoms with Crippen LogP contribution in [-0.2, 0) is 4.79 Å². The van der Waals surface area contributed by atoms with E-state index in [0.29, 0.717) is 23.2 Å². The van der Waals surface area contributed by atoms with Crippen molar-refractivity contribution in [3.8, 4) is 0 Å². The molecule has 1 heterocycles. The molecule has 0 fully saturated rings. The minimum atomic E-state index is -0.103. The molecule has 5 heteroatoms. The van der Waals surface area contributed by atoms with E-state index in [0.717, 1.165) is 41.4 Å². The van der Waals surface area contributed by atoms with Crippen molar-refractivity contribution in [3.05, 3.63) is 107 Å². The first-order valence-corrected chi connectivity index (χ1v) is 12.0. The summed E-state index contributed by atoms with van der Waals surface area (Å²) in [7, 11) is 0. The van der Waals surface area contributed by atoms with Gasteiger partial charge in [0.15, 0.2) is 5.78 Å². The van der Waals surface area contributed by atoms with E-state index in [1.165, 1.54) is 12.0 Å². The summed E-state index contributed by atoms with van der Waals surface area (Å²) in [5, 5.41) is 11.3. The standard InChI is InChI=1S/C30H27N3O2/c34-29(18-22-10-5-2-6-11-22)31-25-13-7-12-23(19-25)30(35)24-15-16-26-27(32-33-28(26)20-24)17-14-21-8-3-1-4-9-21/h1,3-4,7-10,12-17,19-20H,2,5-6,11,18H2,(H,31,34)(H,32,33)/b17-14+. The maximum Gasteiger partial charge on any atom is 0.228 e. The lowest BCUT2D eigenvalue weighted by Crippen LogP contribution is -2.13. The maximum atomic E-state index is 13.2. The minimum absolute atomic E-state index is 0.0438. The number of fused-ring (bicyclic) bond motifs is 1. The number of nitrogens with zero attached hydrogens (tertiary/aromatic N) is 1. The quantitative estimate of drug-likeness (QED) is 0.235. The van der Waals surface area contributed by atoms with Gasteiger partial charge in [-0.2, -0.15) is 5.10 Å². The third-order valence-electron chi connectivity index (χ3n) is 6.27. The number of allylic oxidation sites excluding steroid dienone is 1. The van der Waals surface area contributed by atoms with E-state index in [1.54, 1.807) is 18.2 Å². The Balaban J connectivity index is 1.30. The molecule has 174 valence electrons. The number of aromatic amines is 1. The Morgan fingerprint density at radius 3 is 2.60 bits per heavy atom. The van der Waals surface area contributed by atoms with Crippen molar-refractivity contribution in [1.29, 1.82) is 0 Å². The molecule has 5 rings (SSSR count). The summed E-state index contributed by atoms with van der Waals surface area (Å²) in [6.07, 6.45) is 11.0. The second kappa shape index (κ2) is 10.3. The summed E-state index contributed by atoms with van der Waals surface area (Å²) in [4.78, 5) is 25.7. The van der Waals surface area contributed by atoms with Gasteiger partial charge in [-0.05, 0) is 61.6 Å². The molecule has 0 saturated carbocycles. The Bertz CT molecular complexity index is 1430. The molecule has 0 bridgehead atoms. The van der Waals surface area contributed by atoms with Crippen LogP contribution in [0.1, 0.15) is 59.3 Å². The summed E-state index contributed by atoms with van der Waals surface area (Å²) < 4.78 is 0. The molecule has 1 aliphatic carbocycles. The van der Waals surface area contributed by atoms with E-state index in [4.69, 9.17) is 0 Å². The van der Waals surface area contributed by atoms with Crippen molar-refractivity contribution >= 4 is 40.4 Å². The van der Waals surface area contributed by atoms with Crippen LogP contribution in [0, 0.1) is 0 Å². The molecular formula is C30H27N3O2. The van der Waals surface area contributed by atoms with Crippen molar-refractivity contribution in [2.45, 2.75) is 32.1 Å². The molecule has 1 aromatic heterocycles. The summed E-state index contributed by atoms with van der Waals surface area (Å²) in [5.41, 5.74) is 5.64. The van der Waals surface area contributed by atoms with Crippen LogP contribution in [-0.4, -0.2) is 21.9 Å². The lowest BCUT2D eigenvalue weighted by molar-refractivity contribution is -0.115. The smallest absolute Gasteiger partial charge is 0.228 e. The van der Waals surface area contributed by atoms with Gasteiger partial charge in [0.2, 0.25) is 5.91 Å². The zero-order valence-corrected chi connectivity index (χ0v) is 19.5. The third kappa shape index (κ3) is 5.46. The zero-order chi connectivity index (χ0) is 24.0. The van der Waals surface area contributed by atoms with Crippen molar-refractivity contribution in [3.63, 3.8) is 0 Å². The Morgan fingerprint density at radius 1 is 0.914 bits per heavy atom. The molecule has 35 heavy (non-hydrogen) atoms. The normalized spacial score (nSPS) is 13.7. The molecule has 3 aromatic carbocycles. The molecule has 0 spiro atoms. The van der Waals surface area contributed by atoms with Crippen molar-refractivity contribution in [2.24, 2.45) is 0 Å². The van der Waals surface area contributed by atoms with Gasteiger partial charge in [-0.3, -0.25) is 14.7 Å². The van der Waals surface area contributed by atoms with E-state index < -0.39 is 0 Å². The van der Waals surface area contributed by atoms with Gasteiger partial charge in [-0.15, -0.1) is 0 Å². The Kier molecular flexibility index (Phi) is 6.66. The number of carbonyl (C=O) groups excluding carboxylic acids is 2. The number of aromatic nitrogens is 2. The molecule has 4 aromatic rings. The van der Waals surface area contributed by atoms with Crippen molar-refractivity contribution in [1.82, 2.24) is 10.2 Å². The van der Waals surface area contributed by atoms with E-state index >= 15 is 0 Å². The van der Waals surface area contributed by atoms with Crippen LogP contribution in [0.2, 0.25) is 0 Å². The number of benzene rings is 3. The van der Waals surface area contributed by atoms with E-state index in [1.807, 2.05) is 66.7 Å². The molecule has 0 unspecified atom stereocenters. The maximum absolute atomic E-state index is 13.2. The number of carbonyl (C=O) groups is 2. The van der Waals surface area contributed by atoms with Gasteiger partial charge in [0, 0.05) is 28.6 Å². The summed E-state index contributed by atoms with van der Waals surface area (Å²) >= 11 is 0. The number of ketones is 1. The van der Waals surface area contributed by atoms with Crippen LogP contribution in [0.4, 0.5) is 5.69 Å². The SMILES string of the molecule is O=C(CC1=CCCCC1)Nc1cccc(C(=O)c2ccc3c(/C=C/c4ccccc4)n[nH]c3c2)c1. The van der Waals surface area contributed by atoms with Crippen LogP contribution in [0.15, 0.2) is 84.4 Å². The molecule has 1 amide bonds. The van der Waals surface area contributed by atoms with Gasteiger partial charge >= 0.3 is 0 Å². The topological polar surface area (TPSA) is 74.8 Å². The van der Waals surface area contributed by atoms with E-state index in [9.17, 15) is 9.59 Å². The molecule has 0 atom stereocenters. The first kappa shape index (κ1) is 22.5. The van der Waals surface area contributed by atoms with Crippen molar-refractivity contribution in [2.75, 3.05) is 5.32 Å². The predicted octanol–water partition coefficient (Wildman–Crippen LogP) is 6.79. The highest BCUT2D eigenvalue weighted by Gasteiger charge is 2.14. The number of hydrogen-bond acceptors (Lipinski definition) is 3. The largest absolute Gasteiger partial charge is 0.326 e. The summed E-state index contributed by atoms with van der Waals surface area (Å²) in [6, 6.07) is 22.7. The van der Waals surface area contributed by atoms with Crippen LogP contribution in [0.25, 0.3) is 23.1 Å². The Morgan fingerprint density at radius 2 is 1.77 bits per heavy atom. The molecule has 2 N–H and O–H groups in total. The average molecular weight is 462 g/mol. The van der Waals surface area contributed by atoms with Crippen LogP contribution in [0.3, 0.4) is 0 Å². The first-order valence-electron chi connectivity index (χ1n) is 12.0. The van der Waals surface area contributed by atoms with Gasteiger partial charge in [-0.1, -0.05) is 66.3 Å². The Labute approximate surface area is 204 Å². The fraction of sp³-hybridized carbons (Fsp3) is 0.167. The number of hydrogen-bond donors (Lipinski definition) is 2. The van der Waals surface area contributed by atoms with Gasteiger partial charge < -0.3 is 5.32 Å². The summed E-state index contributed by atoms with van der Waals surface area (Å²) in [6.45, 7) is 0. The third-order valence-corrected chi connectivity index (χ3v) is 6.27. The number of rotatable bonds is 7. The van der Waals surface area contributed by atoms with Gasteiger partial charge in [0.05, 0.1) is 11.2 Å². The molecule has 1 aliphatic rings. The fourth-order valence-electron chi connectivity index (χ4n) is 4.43. The zero-order valence-electron chi connectivity index (χ0n) is 19.5. The monoisotopic (exact) mass is 461 g/mol. The highest BCUT2D eigenvalue weighted by atomic mass is 16.1. The second-order valence-corrected chi connectivity index (χ2v) is 8.86. The van der Waals surface area contributed by atoms with Gasteiger partial charge in [0.1, 0.15) is 0 Å². The molecular weight excluding hydrogens is 434 g/mol. The Hall–Kier alpha value is -4.25. The minimum Gasteiger partial charge on any atom is -0.326 e. The predicted molar refractivity (Wildman–Crippen MR) is 141 cm³/mol. The van der Waals surface area contributed by atoms with Crippen molar-refractivity contribution < 1.29 is 9.59 Å². The number of H-pyrrole nitrogens is 1. The second-order valence-electron chi connectivity index (χ2n) is 8.86. The number of anilines is 1. The van der Waals surface area contributed by atoms with E-state index in [-0.39, 0.29) is 11.7 Å². The van der Waals surface area contributed by atoms with E-state index in [2.05, 4.69) is 21.6 Å². The van der Waals surface area contributed by atoms with Crippen LogP contribution < -0.4 is 5.32 Å². The fourth-order valence-corrected chi connectivity index (χ4v) is 4.43. The molecule has 0 aliphatic heterocycles. The average Bonchev–Trinajstić information content (AvgIpc) is 3.30. The highest BCUT2D eigenvalue weighted by molar-refractivity contribution is 6.11. The number of amides is 1.